The van der Waals surface area contributed by atoms with Crippen molar-refractivity contribution >= 4 is 43.6 Å². The molecule has 2 saturated heterocycles. The summed E-state index contributed by atoms with van der Waals surface area (Å²) in [7, 11) is -8.40. The highest BCUT2D eigenvalue weighted by atomic mass is 32.2. The maximum Gasteiger partial charge on any atom is 0.333 e. The molecule has 6 rings (SSSR count). The molecule has 3 aromatic rings. The fraction of sp³-hybridized carbons (Fsp3) is 0.581. The molecule has 13 atom stereocenters. The van der Waals surface area contributed by atoms with Crippen molar-refractivity contribution in [1.82, 2.24) is 14.4 Å². The SMILES string of the molecule is CC(C)c1ccc(C2O[C@H](CCS(=O)(=O)NC(=O)Nc3cccc(C(C)CC4CCC4CC4O[C@H](CCS(=O)(=O)NC(=O)Nc5ccc[nH]5)[C@@H](O)[C@H](O)[C@@H]4O)c3)[C@@H](O)[C@H](O)[C@@H]2O)cc1. The molecule has 2 aliphatic heterocycles. The molecule has 3 aliphatic rings. The van der Waals surface area contributed by atoms with E-state index in [1.807, 2.05) is 48.4 Å². The van der Waals surface area contributed by atoms with Crippen LogP contribution in [0, 0.1) is 11.8 Å². The van der Waals surface area contributed by atoms with Crippen molar-refractivity contribution in [1.29, 1.82) is 0 Å². The molecular weight excluding hydrogens is 875 g/mol. The molecule has 3 heterocycles. The smallest absolute Gasteiger partial charge is 0.333 e. The van der Waals surface area contributed by atoms with Gasteiger partial charge in [-0.15, -0.1) is 0 Å². The highest BCUT2D eigenvalue weighted by Crippen LogP contribution is 2.45. The summed E-state index contributed by atoms with van der Waals surface area (Å²) in [6.45, 7) is 6.07. The monoisotopic (exact) mass is 935 g/mol. The standard InChI is InChI=1S/C43H61N5O14S2/c1-23(2)25-9-11-26(12-10-25)41-40(54)39(53)36(50)32(62-41)16-19-63(57,58)47-42(55)45-30-7-4-6-27(21-30)24(3)20-28-13-14-29(28)22-33-37(51)38(52)35(49)31(61-33)15-18-64(59,60)48-43(56)46-34-8-5-17-44-34/h4-12,17,21,23-24,28-29,31-33,35-41,44,49-54H,13-16,18-20,22H2,1-3H3,(H2,45,47,55)(H2,46,48,56)/t24?,28?,29?,31-,32-,33?,35-,36-,37-,38+,39+,40+,41?/m1/s1. The van der Waals surface area contributed by atoms with Crippen LogP contribution in [0.25, 0.3) is 0 Å². The second-order valence-electron chi connectivity index (χ2n) is 17.6. The highest BCUT2D eigenvalue weighted by molar-refractivity contribution is 7.90. The summed E-state index contributed by atoms with van der Waals surface area (Å²) in [6.07, 6.45) is -9.58. The molecule has 0 bridgehead atoms. The first kappa shape index (κ1) is 49.3. The number of sulfonamides is 2. The molecule has 1 aliphatic carbocycles. The summed E-state index contributed by atoms with van der Waals surface area (Å²) in [5.74, 6) is -0.406. The predicted molar refractivity (Wildman–Crippen MR) is 235 cm³/mol. The number of carbonyl (C=O) groups is 2. The number of hydrogen-bond acceptors (Lipinski definition) is 14. The Morgan fingerprint density at radius 1 is 0.672 bits per heavy atom. The van der Waals surface area contributed by atoms with Crippen LogP contribution >= 0.6 is 0 Å². The van der Waals surface area contributed by atoms with Crippen molar-refractivity contribution in [2.45, 2.75) is 132 Å². The zero-order valence-corrected chi connectivity index (χ0v) is 37.5. The number of benzene rings is 2. The van der Waals surface area contributed by atoms with Crippen molar-refractivity contribution < 1.29 is 66.5 Å². The summed E-state index contributed by atoms with van der Waals surface area (Å²) in [6, 6.07) is 15.4. The van der Waals surface area contributed by atoms with Crippen molar-refractivity contribution in [3.8, 4) is 0 Å². The van der Waals surface area contributed by atoms with E-state index in [2.05, 4.69) is 15.6 Å². The zero-order valence-electron chi connectivity index (χ0n) is 35.9. The molecular formula is C43H61N5O14S2. The van der Waals surface area contributed by atoms with Gasteiger partial charge in [0.15, 0.2) is 0 Å². The minimum atomic E-state index is -4.25. The van der Waals surface area contributed by atoms with Gasteiger partial charge in [0.1, 0.15) is 48.5 Å². The lowest BCUT2D eigenvalue weighted by Crippen LogP contribution is -2.58. The maximum atomic E-state index is 13.0. The number of H-pyrrole nitrogens is 1. The third-order valence-corrected chi connectivity index (χ3v) is 15.2. The Labute approximate surface area is 373 Å². The second kappa shape index (κ2) is 21.0. The fourth-order valence-corrected chi connectivity index (χ4v) is 10.7. The molecule has 354 valence electrons. The Morgan fingerprint density at radius 3 is 1.83 bits per heavy atom. The molecule has 11 N–H and O–H groups in total. The Bertz CT molecular complexity index is 2250. The Morgan fingerprint density at radius 2 is 1.25 bits per heavy atom. The number of hydrogen-bond donors (Lipinski definition) is 11. The molecule has 0 spiro atoms. The van der Waals surface area contributed by atoms with E-state index in [4.69, 9.17) is 9.47 Å². The highest BCUT2D eigenvalue weighted by Gasteiger charge is 2.47. The first-order chi connectivity index (χ1) is 30.2. The summed E-state index contributed by atoms with van der Waals surface area (Å²) in [4.78, 5) is 27.8. The molecule has 5 unspecified atom stereocenters. The molecule has 21 heteroatoms. The number of anilines is 2. The lowest BCUT2D eigenvalue weighted by Gasteiger charge is -2.45. The lowest BCUT2D eigenvalue weighted by molar-refractivity contribution is -0.228. The van der Waals surface area contributed by atoms with Crippen LogP contribution < -0.4 is 20.1 Å². The van der Waals surface area contributed by atoms with Crippen LogP contribution in [0.5, 0.6) is 0 Å². The van der Waals surface area contributed by atoms with E-state index >= 15 is 0 Å². The number of ether oxygens (including phenoxy) is 2. The molecule has 3 fully saturated rings. The quantitative estimate of drug-likeness (QED) is 0.0928. The summed E-state index contributed by atoms with van der Waals surface area (Å²) in [5, 5.41) is 69.0. The van der Waals surface area contributed by atoms with Crippen LogP contribution in [0.15, 0.2) is 66.9 Å². The van der Waals surface area contributed by atoms with Crippen LogP contribution in [0.1, 0.15) is 93.9 Å². The number of rotatable bonds is 17. The average Bonchev–Trinajstić information content (AvgIpc) is 3.75. The van der Waals surface area contributed by atoms with Gasteiger partial charge < -0.3 is 50.4 Å². The predicted octanol–water partition coefficient (Wildman–Crippen LogP) is 2.50. The van der Waals surface area contributed by atoms with Crippen molar-refractivity contribution in [3.05, 3.63) is 83.6 Å². The maximum absolute atomic E-state index is 13.0. The minimum absolute atomic E-state index is 0.0154. The molecule has 1 saturated carbocycles. The van der Waals surface area contributed by atoms with Gasteiger partial charge in [0.05, 0.1) is 29.8 Å². The molecule has 2 aromatic carbocycles. The van der Waals surface area contributed by atoms with Gasteiger partial charge in [0.2, 0.25) is 20.0 Å². The fourth-order valence-electron chi connectivity index (χ4n) is 8.71. The van der Waals surface area contributed by atoms with Gasteiger partial charge in [-0.05, 0) is 103 Å². The van der Waals surface area contributed by atoms with Gasteiger partial charge in [-0.1, -0.05) is 57.2 Å². The number of aromatic nitrogens is 1. The third-order valence-electron chi connectivity index (χ3n) is 12.6. The van der Waals surface area contributed by atoms with Crippen molar-refractivity contribution in [2.24, 2.45) is 11.8 Å². The van der Waals surface area contributed by atoms with Crippen LogP contribution in [-0.2, 0) is 29.5 Å². The normalized spacial score (nSPS) is 30.2. The first-order valence-corrected chi connectivity index (χ1v) is 24.9. The number of nitrogens with one attached hydrogen (secondary N) is 5. The summed E-state index contributed by atoms with van der Waals surface area (Å²) < 4.78 is 67.1. The van der Waals surface area contributed by atoms with Gasteiger partial charge in [0.25, 0.3) is 0 Å². The van der Waals surface area contributed by atoms with E-state index < -0.39 is 105 Å². The average molecular weight is 936 g/mol. The minimum Gasteiger partial charge on any atom is -0.388 e. The number of amides is 4. The molecule has 1 aromatic heterocycles. The Kier molecular flexibility index (Phi) is 16.2. The van der Waals surface area contributed by atoms with Gasteiger partial charge >= 0.3 is 12.1 Å². The van der Waals surface area contributed by atoms with Crippen LogP contribution in [-0.4, -0.2) is 131 Å². The Hall–Kier alpha value is -4.16. The Balaban J connectivity index is 0.968. The van der Waals surface area contributed by atoms with Gasteiger partial charge in [0, 0.05) is 11.9 Å². The van der Waals surface area contributed by atoms with Crippen molar-refractivity contribution in [3.63, 3.8) is 0 Å². The molecule has 0 radical (unpaired) electrons. The second-order valence-corrected chi connectivity index (χ2v) is 21.3. The van der Waals surface area contributed by atoms with E-state index in [-0.39, 0.29) is 42.3 Å². The van der Waals surface area contributed by atoms with E-state index in [9.17, 15) is 57.1 Å². The third kappa shape index (κ3) is 12.6. The number of urea groups is 2. The van der Waals surface area contributed by atoms with E-state index in [1.165, 1.54) is 6.07 Å². The van der Waals surface area contributed by atoms with Gasteiger partial charge in [-0.25, -0.2) is 35.9 Å². The van der Waals surface area contributed by atoms with E-state index in [0.29, 0.717) is 24.1 Å². The van der Waals surface area contributed by atoms with E-state index in [0.717, 1.165) is 24.0 Å². The molecule has 19 nitrogen and oxygen atoms in total. The number of aromatic amines is 1. The van der Waals surface area contributed by atoms with E-state index in [1.54, 1.807) is 42.6 Å². The van der Waals surface area contributed by atoms with Crippen LogP contribution in [0.2, 0.25) is 0 Å². The van der Waals surface area contributed by atoms with Crippen molar-refractivity contribution in [2.75, 3.05) is 22.1 Å². The molecule has 4 amide bonds. The van der Waals surface area contributed by atoms with Gasteiger partial charge in [-0.3, -0.25) is 5.32 Å². The summed E-state index contributed by atoms with van der Waals surface area (Å²) in [5.41, 5.74) is 2.82. The van der Waals surface area contributed by atoms with Gasteiger partial charge in [-0.2, -0.15) is 0 Å². The molecule has 64 heavy (non-hydrogen) atoms. The largest absolute Gasteiger partial charge is 0.388 e. The van der Waals surface area contributed by atoms with Crippen LogP contribution in [0.4, 0.5) is 21.1 Å². The first-order valence-electron chi connectivity index (χ1n) is 21.6. The summed E-state index contributed by atoms with van der Waals surface area (Å²) >= 11 is 0. The number of aliphatic hydroxyl groups is 6. The number of aliphatic hydroxyl groups excluding tert-OH is 6. The zero-order chi connectivity index (χ0) is 46.5. The topological polar surface area (TPSA) is 306 Å². The van der Waals surface area contributed by atoms with Crippen LogP contribution in [0.3, 0.4) is 0 Å². The number of carbonyl (C=O) groups excluding carboxylic acids is 2. The lowest BCUT2D eigenvalue weighted by atomic mass is 9.66.